The third-order valence-corrected chi connectivity index (χ3v) is 5.62. The first-order valence-corrected chi connectivity index (χ1v) is 9.63. The standard InChI is InChI=1S/C19H19ClFN3O5/c1-10(25)22-4-6-23(7-5-22)17-13(20)8-12-16(15(17)21)24(11-2-3-11)9-14(18(12)26)29-19(27)28/h8-9,11H,2-7H2,1H3,(H,27,28). The zero-order valence-corrected chi connectivity index (χ0v) is 16.4. The van der Waals surface area contributed by atoms with Crippen LogP contribution in [0.4, 0.5) is 14.9 Å². The van der Waals surface area contributed by atoms with Crippen molar-refractivity contribution in [3.8, 4) is 5.75 Å². The third-order valence-electron chi connectivity index (χ3n) is 5.33. The van der Waals surface area contributed by atoms with Crippen LogP contribution in [0.2, 0.25) is 5.02 Å². The van der Waals surface area contributed by atoms with Gasteiger partial charge in [0.25, 0.3) is 0 Å². The number of ether oxygens (including phenoxy) is 1. The molecule has 0 bridgehead atoms. The topological polar surface area (TPSA) is 92.1 Å². The predicted molar refractivity (Wildman–Crippen MR) is 105 cm³/mol. The van der Waals surface area contributed by atoms with Gasteiger partial charge in [0.1, 0.15) is 0 Å². The van der Waals surface area contributed by atoms with E-state index in [0.717, 1.165) is 12.8 Å². The number of carboxylic acid groups (broad SMARTS) is 1. The molecule has 4 rings (SSSR count). The lowest BCUT2D eigenvalue weighted by atomic mass is 10.1. The fourth-order valence-electron chi connectivity index (χ4n) is 3.75. The molecule has 2 aliphatic rings. The maximum absolute atomic E-state index is 15.7. The number of anilines is 1. The van der Waals surface area contributed by atoms with E-state index in [4.69, 9.17) is 16.7 Å². The van der Waals surface area contributed by atoms with Crippen LogP contribution in [0.5, 0.6) is 5.75 Å². The highest BCUT2D eigenvalue weighted by atomic mass is 35.5. The predicted octanol–water partition coefficient (Wildman–Crippen LogP) is 2.85. The van der Waals surface area contributed by atoms with Gasteiger partial charge in [0.05, 0.1) is 27.8 Å². The first-order chi connectivity index (χ1) is 13.8. The van der Waals surface area contributed by atoms with E-state index < -0.39 is 17.4 Å². The number of hydrogen-bond donors (Lipinski definition) is 1. The fraction of sp³-hybridized carbons (Fsp3) is 0.421. The molecule has 1 aliphatic carbocycles. The molecule has 0 radical (unpaired) electrons. The van der Waals surface area contributed by atoms with Crippen molar-refractivity contribution in [2.24, 2.45) is 0 Å². The first-order valence-electron chi connectivity index (χ1n) is 9.26. The summed E-state index contributed by atoms with van der Waals surface area (Å²) >= 11 is 6.35. The summed E-state index contributed by atoms with van der Waals surface area (Å²) in [7, 11) is 0. The number of pyridine rings is 1. The van der Waals surface area contributed by atoms with Gasteiger partial charge < -0.3 is 24.2 Å². The van der Waals surface area contributed by atoms with Gasteiger partial charge in [-0.25, -0.2) is 9.18 Å². The van der Waals surface area contributed by atoms with E-state index in [1.807, 2.05) is 0 Å². The molecule has 0 unspecified atom stereocenters. The molecule has 0 spiro atoms. The Hall–Kier alpha value is -2.81. The number of nitrogens with zero attached hydrogens (tertiary/aromatic N) is 3. The SMILES string of the molecule is CC(=O)N1CCN(c2c(Cl)cc3c(=O)c(OC(=O)O)cn(C4CC4)c3c2F)CC1. The van der Waals surface area contributed by atoms with E-state index in [1.54, 1.807) is 14.4 Å². The van der Waals surface area contributed by atoms with Crippen LogP contribution in [-0.4, -0.2) is 52.8 Å². The summed E-state index contributed by atoms with van der Waals surface area (Å²) in [4.78, 5) is 38.6. The molecule has 1 aromatic carbocycles. The second kappa shape index (κ2) is 7.22. The van der Waals surface area contributed by atoms with Crippen molar-refractivity contribution in [1.82, 2.24) is 9.47 Å². The van der Waals surface area contributed by atoms with Crippen molar-refractivity contribution in [3.63, 3.8) is 0 Å². The fourth-order valence-corrected chi connectivity index (χ4v) is 4.06. The van der Waals surface area contributed by atoms with Crippen molar-refractivity contribution in [2.75, 3.05) is 31.1 Å². The van der Waals surface area contributed by atoms with Crippen LogP contribution in [0.15, 0.2) is 17.1 Å². The molecule has 1 saturated heterocycles. The van der Waals surface area contributed by atoms with Gasteiger partial charge in [-0.2, -0.15) is 0 Å². The van der Waals surface area contributed by atoms with E-state index in [2.05, 4.69) is 4.74 Å². The number of carbonyl (C=O) groups excluding carboxylic acids is 1. The largest absolute Gasteiger partial charge is 0.511 e. The summed E-state index contributed by atoms with van der Waals surface area (Å²) in [6, 6.07) is 1.33. The summed E-state index contributed by atoms with van der Waals surface area (Å²) in [6.45, 7) is 3.21. The first kappa shape index (κ1) is 19.5. The minimum Gasteiger partial charge on any atom is -0.449 e. The van der Waals surface area contributed by atoms with Crippen LogP contribution in [0.1, 0.15) is 25.8 Å². The Balaban J connectivity index is 1.84. The Kier molecular flexibility index (Phi) is 4.85. The highest BCUT2D eigenvalue weighted by Crippen LogP contribution is 2.41. The van der Waals surface area contributed by atoms with Crippen LogP contribution in [-0.2, 0) is 4.79 Å². The Morgan fingerprint density at radius 1 is 1.24 bits per heavy atom. The summed E-state index contributed by atoms with van der Waals surface area (Å²) in [5.74, 6) is -1.05. The van der Waals surface area contributed by atoms with E-state index in [9.17, 15) is 14.4 Å². The average molecular weight is 424 g/mol. The molecule has 2 heterocycles. The van der Waals surface area contributed by atoms with Gasteiger partial charge in [0.15, 0.2) is 11.6 Å². The molecule has 2 fully saturated rings. The van der Waals surface area contributed by atoms with Crippen LogP contribution in [0.3, 0.4) is 0 Å². The number of fused-ring (bicyclic) bond motifs is 1. The molecular formula is C19H19ClFN3O5. The Labute approximate surface area is 170 Å². The van der Waals surface area contributed by atoms with Crippen molar-refractivity contribution in [3.05, 3.63) is 33.3 Å². The zero-order chi connectivity index (χ0) is 20.9. The van der Waals surface area contributed by atoms with Crippen molar-refractivity contribution >= 4 is 40.3 Å². The third kappa shape index (κ3) is 3.50. The Morgan fingerprint density at radius 3 is 2.45 bits per heavy atom. The quantitative estimate of drug-likeness (QED) is 0.763. The van der Waals surface area contributed by atoms with Gasteiger partial charge in [-0.05, 0) is 18.9 Å². The molecule has 8 nitrogen and oxygen atoms in total. The lowest BCUT2D eigenvalue weighted by Crippen LogP contribution is -2.48. The van der Waals surface area contributed by atoms with Crippen molar-refractivity contribution in [1.29, 1.82) is 0 Å². The van der Waals surface area contributed by atoms with Gasteiger partial charge >= 0.3 is 6.16 Å². The van der Waals surface area contributed by atoms with Gasteiger partial charge in [-0.1, -0.05) is 11.6 Å². The lowest BCUT2D eigenvalue weighted by Gasteiger charge is -2.36. The minimum atomic E-state index is -1.62. The monoisotopic (exact) mass is 423 g/mol. The normalized spacial score (nSPS) is 16.9. The van der Waals surface area contributed by atoms with E-state index in [-0.39, 0.29) is 39.3 Å². The molecule has 1 saturated carbocycles. The summed E-state index contributed by atoms with van der Waals surface area (Å²) in [5.41, 5.74) is -0.459. The molecule has 154 valence electrons. The van der Waals surface area contributed by atoms with Crippen LogP contribution in [0.25, 0.3) is 10.9 Å². The highest BCUT2D eigenvalue weighted by Gasteiger charge is 2.31. The van der Waals surface area contributed by atoms with E-state index in [0.29, 0.717) is 26.2 Å². The van der Waals surface area contributed by atoms with Crippen molar-refractivity contribution in [2.45, 2.75) is 25.8 Å². The Morgan fingerprint density at radius 2 is 1.90 bits per heavy atom. The summed E-state index contributed by atoms with van der Waals surface area (Å²) < 4.78 is 21.8. The van der Waals surface area contributed by atoms with Gasteiger partial charge in [-0.3, -0.25) is 9.59 Å². The number of piperazine rings is 1. The van der Waals surface area contributed by atoms with E-state index in [1.165, 1.54) is 19.2 Å². The van der Waals surface area contributed by atoms with Gasteiger partial charge in [0.2, 0.25) is 11.3 Å². The molecule has 10 heteroatoms. The second-order valence-electron chi connectivity index (χ2n) is 7.24. The van der Waals surface area contributed by atoms with Crippen LogP contribution >= 0.6 is 11.6 Å². The number of halogens is 2. The van der Waals surface area contributed by atoms with Crippen LogP contribution < -0.4 is 15.1 Å². The molecular weight excluding hydrogens is 405 g/mol. The molecule has 0 atom stereocenters. The molecule has 1 amide bonds. The number of hydrogen-bond acceptors (Lipinski definition) is 5. The number of amides is 1. The maximum atomic E-state index is 15.7. The maximum Gasteiger partial charge on any atom is 0.511 e. The van der Waals surface area contributed by atoms with Crippen LogP contribution in [0, 0.1) is 5.82 Å². The number of benzene rings is 1. The zero-order valence-electron chi connectivity index (χ0n) is 15.7. The van der Waals surface area contributed by atoms with Gasteiger partial charge in [-0.15, -0.1) is 0 Å². The molecule has 1 N–H and O–H groups in total. The number of carbonyl (C=O) groups is 2. The number of rotatable bonds is 3. The molecule has 1 aromatic heterocycles. The Bertz CT molecular complexity index is 1070. The van der Waals surface area contributed by atoms with E-state index >= 15 is 4.39 Å². The average Bonchev–Trinajstić information content (AvgIpc) is 3.49. The lowest BCUT2D eigenvalue weighted by molar-refractivity contribution is -0.129. The highest BCUT2D eigenvalue weighted by molar-refractivity contribution is 6.34. The van der Waals surface area contributed by atoms with Gasteiger partial charge in [0, 0.05) is 39.1 Å². The minimum absolute atomic E-state index is 0.0238. The smallest absolute Gasteiger partial charge is 0.449 e. The second-order valence-corrected chi connectivity index (χ2v) is 7.65. The summed E-state index contributed by atoms with van der Waals surface area (Å²) in [6.07, 6.45) is 1.22. The van der Waals surface area contributed by atoms with Crippen molar-refractivity contribution < 1.29 is 23.8 Å². The summed E-state index contributed by atoms with van der Waals surface area (Å²) in [5, 5.41) is 8.92. The molecule has 1 aliphatic heterocycles. The number of aromatic nitrogens is 1. The molecule has 29 heavy (non-hydrogen) atoms. The molecule has 2 aromatic rings.